The molecule has 1 saturated heterocycles. The van der Waals surface area contributed by atoms with Crippen LogP contribution in [-0.2, 0) is 4.79 Å². The molecule has 2 aromatic rings. The third kappa shape index (κ3) is 4.62. The van der Waals surface area contributed by atoms with Crippen LogP contribution in [0.25, 0.3) is 0 Å². The van der Waals surface area contributed by atoms with Gasteiger partial charge in [0, 0.05) is 50.3 Å². The third-order valence-electron chi connectivity index (χ3n) is 5.01. The zero-order valence-corrected chi connectivity index (χ0v) is 15.9. The number of anilines is 3. The van der Waals surface area contributed by atoms with E-state index in [2.05, 4.69) is 41.2 Å². The topological polar surface area (TPSA) is 38.8 Å². The second-order valence-electron chi connectivity index (χ2n) is 7.02. The maximum Gasteiger partial charge on any atom is 0.240 e. The molecule has 0 spiro atoms. The van der Waals surface area contributed by atoms with Crippen LogP contribution in [0.15, 0.2) is 48.5 Å². The highest BCUT2D eigenvalue weighted by atomic mass is 16.2. The van der Waals surface area contributed by atoms with E-state index >= 15 is 0 Å². The standard InChI is InChI=1S/C21H28N4O/c1-17-6-4-5-7-20(17)22-18-8-10-19(11-9-18)24(3)21(26)16-25-14-12-23(2)13-15-25/h4-11,22H,12-16H2,1-3H3. The van der Waals surface area contributed by atoms with E-state index in [4.69, 9.17) is 0 Å². The molecular formula is C21H28N4O. The van der Waals surface area contributed by atoms with E-state index in [0.717, 1.165) is 43.2 Å². The number of aryl methyl sites for hydroxylation is 1. The van der Waals surface area contributed by atoms with Crippen LogP contribution < -0.4 is 10.2 Å². The van der Waals surface area contributed by atoms with Crippen molar-refractivity contribution < 1.29 is 4.79 Å². The van der Waals surface area contributed by atoms with Crippen molar-refractivity contribution in [2.75, 3.05) is 57.0 Å². The fourth-order valence-electron chi connectivity index (χ4n) is 3.08. The number of carbonyl (C=O) groups excluding carboxylic acids is 1. The van der Waals surface area contributed by atoms with E-state index in [0.29, 0.717) is 6.54 Å². The molecule has 1 fully saturated rings. The van der Waals surface area contributed by atoms with Crippen LogP contribution in [-0.4, -0.2) is 62.5 Å². The quantitative estimate of drug-likeness (QED) is 0.898. The van der Waals surface area contributed by atoms with Crippen LogP contribution in [0.1, 0.15) is 5.56 Å². The molecule has 138 valence electrons. The molecular weight excluding hydrogens is 324 g/mol. The first-order chi connectivity index (χ1) is 12.5. The van der Waals surface area contributed by atoms with Gasteiger partial charge in [-0.25, -0.2) is 0 Å². The van der Waals surface area contributed by atoms with Crippen LogP contribution in [0.5, 0.6) is 0 Å². The van der Waals surface area contributed by atoms with Gasteiger partial charge in [0.1, 0.15) is 0 Å². The molecule has 1 aliphatic heterocycles. The first-order valence-electron chi connectivity index (χ1n) is 9.13. The summed E-state index contributed by atoms with van der Waals surface area (Å²) in [5.41, 5.74) is 4.23. The van der Waals surface area contributed by atoms with Crippen LogP contribution in [0.2, 0.25) is 0 Å². The fraction of sp³-hybridized carbons (Fsp3) is 0.381. The molecule has 0 aromatic heterocycles. The van der Waals surface area contributed by atoms with Crippen molar-refractivity contribution in [3.8, 4) is 0 Å². The van der Waals surface area contributed by atoms with Gasteiger partial charge in [-0.3, -0.25) is 9.69 Å². The molecule has 5 nitrogen and oxygen atoms in total. The molecule has 1 heterocycles. The smallest absolute Gasteiger partial charge is 0.240 e. The summed E-state index contributed by atoms with van der Waals surface area (Å²) in [7, 11) is 3.97. The lowest BCUT2D eigenvalue weighted by Crippen LogP contribution is -2.48. The van der Waals surface area contributed by atoms with Gasteiger partial charge in [0.25, 0.3) is 0 Å². The minimum Gasteiger partial charge on any atom is -0.355 e. The number of benzene rings is 2. The Balaban J connectivity index is 1.58. The molecule has 2 aromatic carbocycles. The Morgan fingerprint density at radius 2 is 1.69 bits per heavy atom. The largest absolute Gasteiger partial charge is 0.355 e. The second-order valence-corrected chi connectivity index (χ2v) is 7.02. The lowest BCUT2D eigenvalue weighted by Gasteiger charge is -2.32. The number of carbonyl (C=O) groups is 1. The minimum atomic E-state index is 0.133. The number of rotatable bonds is 5. The molecule has 1 N–H and O–H groups in total. The molecule has 0 aliphatic carbocycles. The molecule has 0 atom stereocenters. The molecule has 0 saturated carbocycles. The van der Waals surface area contributed by atoms with Crippen LogP contribution in [0.3, 0.4) is 0 Å². The number of piperazine rings is 1. The van der Waals surface area contributed by atoms with E-state index in [9.17, 15) is 4.79 Å². The van der Waals surface area contributed by atoms with Crippen molar-refractivity contribution in [1.82, 2.24) is 9.80 Å². The summed E-state index contributed by atoms with van der Waals surface area (Å²) < 4.78 is 0. The van der Waals surface area contributed by atoms with Crippen molar-refractivity contribution in [3.63, 3.8) is 0 Å². The Labute approximate surface area is 156 Å². The Bertz CT molecular complexity index is 736. The Morgan fingerprint density at radius 1 is 1.04 bits per heavy atom. The van der Waals surface area contributed by atoms with Gasteiger partial charge in [0.15, 0.2) is 0 Å². The van der Waals surface area contributed by atoms with Gasteiger partial charge in [0.05, 0.1) is 6.54 Å². The fourth-order valence-corrected chi connectivity index (χ4v) is 3.08. The minimum absolute atomic E-state index is 0.133. The monoisotopic (exact) mass is 352 g/mol. The first-order valence-corrected chi connectivity index (χ1v) is 9.13. The van der Waals surface area contributed by atoms with E-state index in [1.165, 1.54) is 5.56 Å². The maximum atomic E-state index is 12.6. The van der Waals surface area contributed by atoms with Gasteiger partial charge in [-0.05, 0) is 49.9 Å². The van der Waals surface area contributed by atoms with E-state index in [-0.39, 0.29) is 5.91 Å². The van der Waals surface area contributed by atoms with E-state index in [1.54, 1.807) is 4.90 Å². The SMILES string of the molecule is Cc1ccccc1Nc1ccc(N(C)C(=O)CN2CCN(C)CC2)cc1. The highest BCUT2D eigenvalue weighted by molar-refractivity contribution is 5.94. The van der Waals surface area contributed by atoms with Gasteiger partial charge in [0.2, 0.25) is 5.91 Å². The normalized spacial score (nSPS) is 15.7. The summed E-state index contributed by atoms with van der Waals surface area (Å²) in [4.78, 5) is 18.8. The maximum absolute atomic E-state index is 12.6. The van der Waals surface area contributed by atoms with Gasteiger partial charge in [-0.15, -0.1) is 0 Å². The number of para-hydroxylation sites is 1. The van der Waals surface area contributed by atoms with Crippen molar-refractivity contribution in [1.29, 1.82) is 0 Å². The Kier molecular flexibility index (Phi) is 5.91. The molecule has 26 heavy (non-hydrogen) atoms. The highest BCUT2D eigenvalue weighted by Crippen LogP contribution is 2.23. The summed E-state index contributed by atoms with van der Waals surface area (Å²) in [6.45, 7) is 6.52. The van der Waals surface area contributed by atoms with Gasteiger partial charge in [-0.1, -0.05) is 18.2 Å². The molecule has 1 aliphatic rings. The molecule has 0 unspecified atom stereocenters. The lowest BCUT2D eigenvalue weighted by atomic mass is 10.2. The Morgan fingerprint density at radius 3 is 2.35 bits per heavy atom. The van der Waals surface area contributed by atoms with Gasteiger partial charge < -0.3 is 15.1 Å². The van der Waals surface area contributed by atoms with Crippen LogP contribution >= 0.6 is 0 Å². The van der Waals surface area contributed by atoms with Gasteiger partial charge in [-0.2, -0.15) is 0 Å². The summed E-state index contributed by atoms with van der Waals surface area (Å²) in [5.74, 6) is 0.133. The number of hydrogen-bond acceptors (Lipinski definition) is 4. The molecule has 5 heteroatoms. The lowest BCUT2D eigenvalue weighted by molar-refractivity contribution is -0.119. The van der Waals surface area contributed by atoms with Crippen molar-refractivity contribution >= 4 is 23.0 Å². The Hall–Kier alpha value is -2.37. The van der Waals surface area contributed by atoms with Crippen molar-refractivity contribution in [2.24, 2.45) is 0 Å². The molecule has 0 radical (unpaired) electrons. The predicted molar refractivity (Wildman–Crippen MR) is 108 cm³/mol. The van der Waals surface area contributed by atoms with Crippen molar-refractivity contribution in [3.05, 3.63) is 54.1 Å². The zero-order chi connectivity index (χ0) is 18.5. The number of likely N-dealkylation sites (N-methyl/N-ethyl adjacent to an activating group) is 2. The predicted octanol–water partition coefficient (Wildman–Crippen LogP) is 2.95. The van der Waals surface area contributed by atoms with Gasteiger partial charge >= 0.3 is 0 Å². The zero-order valence-electron chi connectivity index (χ0n) is 15.9. The average molecular weight is 352 g/mol. The third-order valence-corrected chi connectivity index (χ3v) is 5.01. The highest BCUT2D eigenvalue weighted by Gasteiger charge is 2.19. The molecule has 0 bridgehead atoms. The van der Waals surface area contributed by atoms with Crippen molar-refractivity contribution in [2.45, 2.75) is 6.92 Å². The molecule has 1 amide bonds. The number of nitrogens with one attached hydrogen (secondary N) is 1. The number of amides is 1. The average Bonchev–Trinajstić information content (AvgIpc) is 2.65. The van der Waals surface area contributed by atoms with Crippen LogP contribution in [0.4, 0.5) is 17.1 Å². The number of hydrogen-bond donors (Lipinski definition) is 1. The van der Waals surface area contributed by atoms with Crippen LogP contribution in [0, 0.1) is 6.92 Å². The van der Waals surface area contributed by atoms with E-state index in [1.807, 2.05) is 43.4 Å². The van der Waals surface area contributed by atoms with E-state index < -0.39 is 0 Å². The summed E-state index contributed by atoms with van der Waals surface area (Å²) in [5, 5.41) is 3.42. The first kappa shape index (κ1) is 18.4. The molecule has 3 rings (SSSR count). The summed E-state index contributed by atoms with van der Waals surface area (Å²) in [6, 6.07) is 16.2. The summed E-state index contributed by atoms with van der Waals surface area (Å²) >= 11 is 0. The second kappa shape index (κ2) is 8.34. The summed E-state index contributed by atoms with van der Waals surface area (Å²) in [6.07, 6.45) is 0. The number of nitrogens with zero attached hydrogens (tertiary/aromatic N) is 3.